The fraction of sp³-hybridized carbons (Fsp3) is 0.333. The van der Waals surface area contributed by atoms with Crippen molar-refractivity contribution in [1.29, 1.82) is 0 Å². The van der Waals surface area contributed by atoms with Crippen LogP contribution in [0.5, 0.6) is 0 Å². The zero-order valence-corrected chi connectivity index (χ0v) is 10.3. The second kappa shape index (κ2) is 5.15. The number of anilines is 1. The van der Waals surface area contributed by atoms with Crippen LogP contribution in [-0.4, -0.2) is 38.2 Å². The number of pyridine rings is 1. The van der Waals surface area contributed by atoms with E-state index in [4.69, 9.17) is 0 Å². The summed E-state index contributed by atoms with van der Waals surface area (Å²) in [6, 6.07) is 4.07. The molecule has 2 aromatic rings. The van der Waals surface area contributed by atoms with Gasteiger partial charge >= 0.3 is 0 Å². The Morgan fingerprint density at radius 2 is 2.37 bits per heavy atom. The first-order valence-electron chi connectivity index (χ1n) is 6.16. The van der Waals surface area contributed by atoms with Crippen molar-refractivity contribution >= 4 is 11.6 Å². The van der Waals surface area contributed by atoms with Crippen LogP contribution in [0.2, 0.25) is 0 Å². The van der Waals surface area contributed by atoms with Crippen LogP contribution in [0.3, 0.4) is 0 Å². The Bertz CT molecular complexity index is 563. The first-order chi connectivity index (χ1) is 9.33. The van der Waals surface area contributed by atoms with Crippen molar-refractivity contribution in [2.24, 2.45) is 0 Å². The SMILES string of the molecule is O=C(CNC1CC1)Nc1cccnc1-n1cncn1. The molecule has 1 fully saturated rings. The second-order valence-electron chi connectivity index (χ2n) is 4.42. The molecule has 7 nitrogen and oxygen atoms in total. The van der Waals surface area contributed by atoms with Gasteiger partial charge in [-0.25, -0.2) is 14.6 Å². The molecule has 0 bridgehead atoms. The zero-order valence-electron chi connectivity index (χ0n) is 10.3. The Morgan fingerprint density at radius 3 is 3.11 bits per heavy atom. The van der Waals surface area contributed by atoms with E-state index in [1.807, 2.05) is 0 Å². The standard InChI is InChI=1S/C12H14N6O/c19-11(6-15-9-3-4-9)17-10-2-1-5-14-12(10)18-8-13-7-16-18/h1-2,5,7-9,15H,3-4,6H2,(H,17,19). The smallest absolute Gasteiger partial charge is 0.238 e. The fourth-order valence-corrected chi connectivity index (χ4v) is 1.71. The molecular weight excluding hydrogens is 244 g/mol. The molecule has 1 saturated carbocycles. The summed E-state index contributed by atoms with van der Waals surface area (Å²) in [5.74, 6) is 0.473. The van der Waals surface area contributed by atoms with Crippen molar-refractivity contribution in [3.8, 4) is 5.82 Å². The molecule has 0 spiro atoms. The van der Waals surface area contributed by atoms with Gasteiger partial charge in [0.1, 0.15) is 12.7 Å². The van der Waals surface area contributed by atoms with Crippen LogP contribution in [0.15, 0.2) is 31.0 Å². The van der Waals surface area contributed by atoms with Gasteiger partial charge in [-0.05, 0) is 25.0 Å². The topological polar surface area (TPSA) is 84.7 Å². The lowest BCUT2D eigenvalue weighted by molar-refractivity contribution is -0.115. The Balaban J connectivity index is 1.71. The van der Waals surface area contributed by atoms with E-state index < -0.39 is 0 Å². The van der Waals surface area contributed by atoms with Crippen LogP contribution in [-0.2, 0) is 4.79 Å². The predicted molar refractivity (Wildman–Crippen MR) is 68.8 cm³/mol. The van der Waals surface area contributed by atoms with Gasteiger partial charge in [0.25, 0.3) is 0 Å². The van der Waals surface area contributed by atoms with Crippen molar-refractivity contribution in [2.75, 3.05) is 11.9 Å². The van der Waals surface area contributed by atoms with E-state index >= 15 is 0 Å². The van der Waals surface area contributed by atoms with Gasteiger partial charge in [-0.1, -0.05) is 0 Å². The molecule has 0 aromatic carbocycles. The third-order valence-corrected chi connectivity index (χ3v) is 2.83. The number of carbonyl (C=O) groups is 1. The van der Waals surface area contributed by atoms with Crippen LogP contribution in [0, 0.1) is 0 Å². The van der Waals surface area contributed by atoms with Crippen LogP contribution >= 0.6 is 0 Å². The van der Waals surface area contributed by atoms with E-state index in [9.17, 15) is 4.79 Å². The Morgan fingerprint density at radius 1 is 1.47 bits per heavy atom. The van der Waals surface area contributed by atoms with Crippen molar-refractivity contribution in [1.82, 2.24) is 25.1 Å². The Labute approximate surface area is 110 Å². The van der Waals surface area contributed by atoms with Gasteiger partial charge in [-0.15, -0.1) is 0 Å². The monoisotopic (exact) mass is 258 g/mol. The quantitative estimate of drug-likeness (QED) is 0.808. The summed E-state index contributed by atoms with van der Waals surface area (Å²) in [6.45, 7) is 0.316. The van der Waals surface area contributed by atoms with E-state index in [1.165, 1.54) is 11.0 Å². The second-order valence-corrected chi connectivity index (χ2v) is 4.42. The third-order valence-electron chi connectivity index (χ3n) is 2.83. The number of nitrogens with one attached hydrogen (secondary N) is 2. The fourth-order valence-electron chi connectivity index (χ4n) is 1.71. The van der Waals surface area contributed by atoms with Gasteiger partial charge in [-0.2, -0.15) is 5.10 Å². The molecule has 2 N–H and O–H groups in total. The summed E-state index contributed by atoms with van der Waals surface area (Å²) in [6.07, 6.45) is 6.93. The minimum Gasteiger partial charge on any atom is -0.322 e. The largest absolute Gasteiger partial charge is 0.322 e. The Kier molecular flexibility index (Phi) is 3.20. The molecular formula is C12H14N6O. The molecule has 98 valence electrons. The molecule has 1 aliphatic rings. The van der Waals surface area contributed by atoms with Gasteiger partial charge in [0.2, 0.25) is 5.91 Å². The summed E-state index contributed by atoms with van der Waals surface area (Å²) >= 11 is 0. The van der Waals surface area contributed by atoms with E-state index in [0.717, 1.165) is 12.8 Å². The number of rotatable bonds is 5. The lowest BCUT2D eigenvalue weighted by Crippen LogP contribution is -2.29. The van der Waals surface area contributed by atoms with Crippen LogP contribution in [0.4, 0.5) is 5.69 Å². The minimum atomic E-state index is -0.0822. The maximum atomic E-state index is 11.8. The highest BCUT2D eigenvalue weighted by atomic mass is 16.1. The molecule has 3 rings (SSSR count). The maximum Gasteiger partial charge on any atom is 0.238 e. The Hall–Kier alpha value is -2.28. The first kappa shape index (κ1) is 11.8. The molecule has 19 heavy (non-hydrogen) atoms. The number of hydrogen-bond donors (Lipinski definition) is 2. The minimum absolute atomic E-state index is 0.0822. The predicted octanol–water partition coefficient (Wildman–Crippen LogP) is 0.353. The normalized spacial score (nSPS) is 14.3. The summed E-state index contributed by atoms with van der Waals surface area (Å²) in [5, 5.41) is 10.0. The third kappa shape index (κ3) is 2.94. The number of nitrogens with zero attached hydrogens (tertiary/aromatic N) is 4. The van der Waals surface area contributed by atoms with Crippen LogP contribution in [0.1, 0.15) is 12.8 Å². The van der Waals surface area contributed by atoms with Crippen molar-refractivity contribution in [3.63, 3.8) is 0 Å². The first-order valence-corrected chi connectivity index (χ1v) is 6.16. The average molecular weight is 258 g/mol. The van der Waals surface area contributed by atoms with Crippen LogP contribution in [0.25, 0.3) is 5.82 Å². The molecule has 7 heteroatoms. The number of amides is 1. The number of carbonyl (C=O) groups excluding carboxylic acids is 1. The number of hydrogen-bond acceptors (Lipinski definition) is 5. The maximum absolute atomic E-state index is 11.8. The molecule has 2 heterocycles. The summed E-state index contributed by atoms with van der Waals surface area (Å²) in [4.78, 5) is 19.9. The molecule has 0 aliphatic heterocycles. The molecule has 0 saturated heterocycles. The van der Waals surface area contributed by atoms with Gasteiger partial charge in [0, 0.05) is 12.2 Å². The van der Waals surface area contributed by atoms with E-state index in [-0.39, 0.29) is 5.91 Å². The van der Waals surface area contributed by atoms with E-state index in [1.54, 1.807) is 24.7 Å². The molecule has 0 unspecified atom stereocenters. The molecule has 0 radical (unpaired) electrons. The summed E-state index contributed by atoms with van der Waals surface area (Å²) in [7, 11) is 0. The average Bonchev–Trinajstić information content (AvgIpc) is 3.10. The lowest BCUT2D eigenvalue weighted by atomic mass is 10.3. The van der Waals surface area contributed by atoms with Gasteiger partial charge in [0.05, 0.1) is 12.2 Å². The van der Waals surface area contributed by atoms with Crippen molar-refractivity contribution in [3.05, 3.63) is 31.0 Å². The number of aromatic nitrogens is 4. The molecule has 1 amide bonds. The zero-order chi connectivity index (χ0) is 13.1. The highest BCUT2D eigenvalue weighted by Gasteiger charge is 2.21. The van der Waals surface area contributed by atoms with Gasteiger partial charge in [-0.3, -0.25) is 4.79 Å². The highest BCUT2D eigenvalue weighted by molar-refractivity contribution is 5.93. The summed E-state index contributed by atoms with van der Waals surface area (Å²) < 4.78 is 1.52. The molecule has 1 aliphatic carbocycles. The van der Waals surface area contributed by atoms with Gasteiger partial charge in [0.15, 0.2) is 5.82 Å². The van der Waals surface area contributed by atoms with E-state index in [0.29, 0.717) is 24.1 Å². The van der Waals surface area contributed by atoms with Crippen molar-refractivity contribution < 1.29 is 4.79 Å². The highest BCUT2D eigenvalue weighted by Crippen LogP contribution is 2.18. The molecule has 0 atom stereocenters. The van der Waals surface area contributed by atoms with Crippen molar-refractivity contribution in [2.45, 2.75) is 18.9 Å². The van der Waals surface area contributed by atoms with E-state index in [2.05, 4.69) is 25.7 Å². The lowest BCUT2D eigenvalue weighted by Gasteiger charge is -2.09. The van der Waals surface area contributed by atoms with Gasteiger partial charge < -0.3 is 10.6 Å². The van der Waals surface area contributed by atoms with Crippen LogP contribution < -0.4 is 10.6 Å². The molecule has 2 aromatic heterocycles. The summed E-state index contributed by atoms with van der Waals surface area (Å²) in [5.41, 5.74) is 0.621.